The number of anilines is 3. The molecule has 0 spiro atoms. The van der Waals surface area contributed by atoms with E-state index < -0.39 is 9.71 Å². The number of hydrogen-bond donors (Lipinski definition) is 2. The Morgan fingerprint density at radius 3 is 2.81 bits per heavy atom. The van der Waals surface area contributed by atoms with Gasteiger partial charge in [-0.25, -0.2) is 18.6 Å². The Balaban J connectivity index is 1.48. The summed E-state index contributed by atoms with van der Waals surface area (Å²) >= 11 is 0. The molecule has 2 heterocycles. The number of benzene rings is 2. The van der Waals surface area contributed by atoms with E-state index in [1.54, 1.807) is 12.1 Å². The van der Waals surface area contributed by atoms with Crippen LogP contribution in [0.1, 0.15) is 18.4 Å². The Morgan fingerprint density at radius 2 is 2.09 bits per heavy atom. The molecule has 2 aromatic carbocycles. The normalized spacial score (nSPS) is 23.8. The van der Waals surface area contributed by atoms with E-state index in [0.29, 0.717) is 34.4 Å². The van der Waals surface area contributed by atoms with Crippen LogP contribution in [0.15, 0.2) is 36.7 Å². The zero-order valence-electron chi connectivity index (χ0n) is 17.9. The molecule has 9 heteroatoms. The van der Waals surface area contributed by atoms with Crippen LogP contribution < -0.4 is 14.8 Å². The summed E-state index contributed by atoms with van der Waals surface area (Å²) in [5, 5.41) is 4.11. The van der Waals surface area contributed by atoms with Gasteiger partial charge in [0.1, 0.15) is 29.8 Å². The summed E-state index contributed by atoms with van der Waals surface area (Å²) in [7, 11) is -2.42. The summed E-state index contributed by atoms with van der Waals surface area (Å²) in [5.41, 5.74) is 2.86. The Labute approximate surface area is 186 Å². The maximum absolute atomic E-state index is 14.0. The van der Waals surface area contributed by atoms with E-state index in [1.165, 1.54) is 24.7 Å². The molecule has 7 nitrogen and oxygen atoms in total. The summed E-state index contributed by atoms with van der Waals surface area (Å²) in [6.07, 6.45) is 4.88. The van der Waals surface area contributed by atoms with E-state index in [4.69, 9.17) is 9.47 Å². The van der Waals surface area contributed by atoms with Crippen LogP contribution in [0.25, 0.3) is 10.9 Å². The molecule has 5 rings (SSSR count). The van der Waals surface area contributed by atoms with E-state index in [-0.39, 0.29) is 18.0 Å². The third-order valence-corrected chi connectivity index (χ3v) is 6.50. The van der Waals surface area contributed by atoms with Gasteiger partial charge in [-0.3, -0.25) is 0 Å². The van der Waals surface area contributed by atoms with Crippen molar-refractivity contribution in [1.82, 2.24) is 9.97 Å². The highest BCUT2D eigenvalue weighted by molar-refractivity contribution is 8.00. The third-order valence-electron chi connectivity index (χ3n) is 5.84. The van der Waals surface area contributed by atoms with Gasteiger partial charge in [0.15, 0.2) is 0 Å². The van der Waals surface area contributed by atoms with E-state index >= 15 is 0 Å². The molecule has 2 fully saturated rings. The number of aromatic nitrogens is 2. The lowest BCUT2D eigenvalue weighted by Gasteiger charge is -2.25. The van der Waals surface area contributed by atoms with Gasteiger partial charge in [0.2, 0.25) is 0 Å². The van der Waals surface area contributed by atoms with Crippen molar-refractivity contribution in [3.63, 3.8) is 0 Å². The molecule has 0 radical (unpaired) electrons. The Kier molecular flexibility index (Phi) is 5.17. The maximum Gasteiger partial charge on any atom is 0.146 e. The van der Waals surface area contributed by atoms with Crippen LogP contribution in [0.2, 0.25) is 0 Å². The first kappa shape index (κ1) is 21.0. The lowest BCUT2D eigenvalue weighted by atomic mass is 10.1. The lowest BCUT2D eigenvalue weighted by molar-refractivity contribution is -0.0106. The highest BCUT2D eigenvalue weighted by Crippen LogP contribution is 2.40. The topological polar surface area (TPSA) is 85.4 Å². The molecule has 4 unspecified atom stereocenters. The minimum absolute atomic E-state index is 0.0612. The second-order valence-corrected chi connectivity index (χ2v) is 10.9. The fourth-order valence-electron chi connectivity index (χ4n) is 4.53. The fraction of sp³-hybridized carbons (Fsp3) is 0.348. The third kappa shape index (κ3) is 4.22. The summed E-state index contributed by atoms with van der Waals surface area (Å²) in [6.45, 7) is 2.71. The predicted octanol–water partition coefficient (Wildman–Crippen LogP) is 4.05. The number of nitrogens with zero attached hydrogens (tertiary/aromatic N) is 2. The number of hydrogen-bond acceptors (Lipinski definition) is 6. The average Bonchev–Trinajstić information content (AvgIpc) is 3.32. The van der Waals surface area contributed by atoms with Gasteiger partial charge in [-0.2, -0.15) is 0 Å². The molecule has 2 aliphatic rings. The molecule has 2 bridgehead atoms. The molecule has 1 aliphatic carbocycles. The van der Waals surface area contributed by atoms with Crippen molar-refractivity contribution < 1.29 is 18.1 Å². The molecule has 1 saturated carbocycles. The molecule has 0 amide bonds. The second-order valence-electron chi connectivity index (χ2n) is 8.65. The Morgan fingerprint density at radius 1 is 1.25 bits per heavy atom. The number of halogens is 1. The van der Waals surface area contributed by atoms with Crippen molar-refractivity contribution in [2.45, 2.75) is 32.0 Å². The molecule has 1 aromatic heterocycles. The predicted molar refractivity (Wildman–Crippen MR) is 126 cm³/mol. The van der Waals surface area contributed by atoms with Gasteiger partial charge in [0.05, 0.1) is 23.9 Å². The molecule has 168 valence electrons. The second kappa shape index (κ2) is 7.90. The van der Waals surface area contributed by atoms with Crippen molar-refractivity contribution in [2.75, 3.05) is 22.9 Å². The quantitative estimate of drug-likeness (QED) is 0.545. The van der Waals surface area contributed by atoms with Crippen molar-refractivity contribution in [3.8, 4) is 5.75 Å². The molecule has 1 aliphatic heterocycles. The number of fused-ring (bicyclic) bond motifs is 3. The first-order chi connectivity index (χ1) is 15.2. The maximum atomic E-state index is 14.0. The molecular formula is C23H25FN4O3S. The van der Waals surface area contributed by atoms with Crippen LogP contribution in [0.5, 0.6) is 5.75 Å². The van der Waals surface area contributed by atoms with Crippen molar-refractivity contribution in [2.24, 2.45) is 5.92 Å². The van der Waals surface area contributed by atoms with Crippen LogP contribution in [-0.4, -0.2) is 45.1 Å². The van der Waals surface area contributed by atoms with Crippen molar-refractivity contribution in [3.05, 3.63) is 48.0 Å². The standard InChI is InChI=1S/C23H25FN4O3S/c1-13-6-16(28-32(2,3)29)10-18-22(13)23(26-12-25-18)27-17-5-4-15(24)9-19(17)31-21-8-14-7-20(21)30-11-14/h4-6,9-10,12,14,20-21H,2,7-8,11H2,1,3H3,(H,28,29)(H,25,26,27). The molecule has 3 aromatic rings. The Hall–Kier alpha value is -2.91. The molecule has 4 atom stereocenters. The minimum Gasteiger partial charge on any atom is -0.485 e. The van der Waals surface area contributed by atoms with Crippen LogP contribution >= 0.6 is 0 Å². The van der Waals surface area contributed by atoms with Gasteiger partial charge in [-0.05, 0) is 61.4 Å². The first-order valence-electron chi connectivity index (χ1n) is 10.5. The zero-order valence-corrected chi connectivity index (χ0v) is 18.7. The molecule has 32 heavy (non-hydrogen) atoms. The molecule has 1 saturated heterocycles. The average molecular weight is 457 g/mol. The lowest BCUT2D eigenvalue weighted by Crippen LogP contribution is -2.30. The van der Waals surface area contributed by atoms with Gasteiger partial charge < -0.3 is 19.5 Å². The molecule has 2 N–H and O–H groups in total. The minimum atomic E-state index is -2.42. The summed E-state index contributed by atoms with van der Waals surface area (Å²) in [4.78, 5) is 8.78. The van der Waals surface area contributed by atoms with Crippen molar-refractivity contribution in [1.29, 1.82) is 0 Å². The smallest absolute Gasteiger partial charge is 0.146 e. The van der Waals surface area contributed by atoms with Crippen LogP contribution in [-0.2, 0) is 14.4 Å². The van der Waals surface area contributed by atoms with Gasteiger partial charge in [-0.15, -0.1) is 0 Å². The fourth-order valence-corrected chi connectivity index (χ4v) is 5.15. The summed E-state index contributed by atoms with van der Waals surface area (Å²) in [5.74, 6) is 4.79. The number of nitrogens with one attached hydrogen (secondary N) is 2. The van der Waals surface area contributed by atoms with Crippen LogP contribution in [0.3, 0.4) is 0 Å². The van der Waals surface area contributed by atoms with E-state index in [1.807, 2.05) is 13.0 Å². The first-order valence-corrected chi connectivity index (χ1v) is 12.6. The summed E-state index contributed by atoms with van der Waals surface area (Å²) < 4.78 is 40.9. The SMILES string of the molecule is C=S(C)(=O)Nc1cc(C)c2c(Nc3ccc(F)cc3OC3CC4COC3C4)ncnc2c1. The van der Waals surface area contributed by atoms with Gasteiger partial charge >= 0.3 is 0 Å². The van der Waals surface area contributed by atoms with E-state index in [0.717, 1.165) is 30.4 Å². The Bertz CT molecular complexity index is 1300. The van der Waals surface area contributed by atoms with Crippen molar-refractivity contribution >= 4 is 43.7 Å². The monoisotopic (exact) mass is 456 g/mol. The highest BCUT2D eigenvalue weighted by Gasteiger charge is 2.42. The summed E-state index contributed by atoms with van der Waals surface area (Å²) in [6, 6.07) is 8.10. The number of rotatable bonds is 6. The molecular weight excluding hydrogens is 431 g/mol. The largest absolute Gasteiger partial charge is 0.485 e. The van der Waals surface area contributed by atoms with E-state index in [2.05, 4.69) is 25.9 Å². The highest BCUT2D eigenvalue weighted by atomic mass is 32.2. The number of ether oxygens (including phenoxy) is 2. The van der Waals surface area contributed by atoms with Gasteiger partial charge in [-0.1, -0.05) is 0 Å². The van der Waals surface area contributed by atoms with Gasteiger partial charge in [0, 0.05) is 33.1 Å². The van der Waals surface area contributed by atoms with Crippen LogP contribution in [0.4, 0.5) is 21.6 Å². The van der Waals surface area contributed by atoms with Gasteiger partial charge in [0.25, 0.3) is 0 Å². The van der Waals surface area contributed by atoms with Crippen LogP contribution in [0, 0.1) is 18.7 Å². The zero-order chi connectivity index (χ0) is 22.5. The number of aryl methyl sites for hydroxylation is 1. The van der Waals surface area contributed by atoms with E-state index in [9.17, 15) is 8.60 Å².